The second kappa shape index (κ2) is 4.02. The van der Waals surface area contributed by atoms with E-state index < -0.39 is 11.0 Å². The van der Waals surface area contributed by atoms with Gasteiger partial charge in [0.15, 0.2) is 5.69 Å². The Hall–Kier alpha value is -0.680. The highest BCUT2D eigenvalue weighted by Gasteiger charge is 2.16. The molecule has 0 aliphatic heterocycles. The molecule has 0 fully saturated rings. The first-order valence-electron chi connectivity index (χ1n) is 3.38. The van der Waals surface area contributed by atoms with Crippen LogP contribution in [0.1, 0.15) is 6.92 Å². The van der Waals surface area contributed by atoms with Gasteiger partial charge in [-0.15, -0.1) is 0 Å². The number of amides is 1. The Kier molecular flexibility index (Phi) is 3.22. The molecule has 0 bridgehead atoms. The summed E-state index contributed by atoms with van der Waals surface area (Å²) in [6.45, 7) is 1.16. The number of halogens is 2. The third-order valence-electron chi connectivity index (χ3n) is 1.40. The number of carbonyl (C=O) groups excluding carboxylic acids is 1. The predicted octanol–water partition coefficient (Wildman–Crippen LogP) is 0.949. The smallest absolute Gasteiger partial charge is 0.314 e. The van der Waals surface area contributed by atoms with Gasteiger partial charge in [0.05, 0.1) is 19.3 Å². The summed E-state index contributed by atoms with van der Waals surface area (Å²) in [6.07, 6.45) is 2.53. The van der Waals surface area contributed by atoms with Crippen LogP contribution in [0.4, 0.5) is 5.69 Å². The number of hydroxylamine groups is 1. The van der Waals surface area contributed by atoms with Gasteiger partial charge >= 0.3 is 5.91 Å². The molecule has 70 valence electrons. The third-order valence-corrected chi connectivity index (χ3v) is 1.97. The fourth-order valence-electron chi connectivity index (χ4n) is 0.804. The van der Waals surface area contributed by atoms with Crippen molar-refractivity contribution in [1.29, 1.82) is 0 Å². The maximum Gasteiger partial charge on any atom is 0.314 e. The zero-order valence-electron chi connectivity index (χ0n) is 6.67. The number of nitrogens with one attached hydrogen (secondary N) is 1. The van der Waals surface area contributed by atoms with Crippen molar-refractivity contribution in [3.05, 3.63) is 27.6 Å². The van der Waals surface area contributed by atoms with Gasteiger partial charge in [-0.1, -0.05) is 23.2 Å². The van der Waals surface area contributed by atoms with Gasteiger partial charge < -0.3 is 5.21 Å². The molecule has 1 aromatic rings. The zero-order chi connectivity index (χ0) is 10.0. The molecule has 1 amide bonds. The lowest BCUT2D eigenvalue weighted by atomic mass is 10.4. The average molecular weight is 221 g/mol. The van der Waals surface area contributed by atoms with Crippen molar-refractivity contribution in [3.8, 4) is 0 Å². The molecule has 0 aromatic carbocycles. The minimum atomic E-state index is -0.697. The van der Waals surface area contributed by atoms with Crippen LogP contribution in [0.15, 0.2) is 12.4 Å². The van der Waals surface area contributed by atoms with Gasteiger partial charge in [0.2, 0.25) is 0 Å². The topological polar surface area (TPSA) is 57.5 Å². The molecule has 1 heterocycles. The molecule has 0 saturated heterocycles. The number of aromatic nitrogens is 1. The number of quaternary nitrogens is 1. The van der Waals surface area contributed by atoms with Crippen LogP contribution in [0.2, 0.25) is 10.0 Å². The third kappa shape index (κ3) is 2.16. The molecule has 6 heteroatoms. The van der Waals surface area contributed by atoms with E-state index in [1.54, 1.807) is 0 Å². The van der Waals surface area contributed by atoms with Crippen molar-refractivity contribution < 1.29 is 9.86 Å². The van der Waals surface area contributed by atoms with E-state index in [9.17, 15) is 10.0 Å². The minimum Gasteiger partial charge on any atom is -0.621 e. The highest BCUT2D eigenvalue weighted by molar-refractivity contribution is 6.38. The number of pyridine rings is 1. The molecule has 0 aliphatic rings. The molecule has 1 aromatic heterocycles. The van der Waals surface area contributed by atoms with Crippen LogP contribution in [0, 0.1) is 5.21 Å². The number of hydrogen-bond acceptors (Lipinski definition) is 3. The maximum atomic E-state index is 11.2. The highest BCUT2D eigenvalue weighted by Crippen LogP contribution is 2.24. The van der Waals surface area contributed by atoms with E-state index in [2.05, 4.69) is 4.98 Å². The highest BCUT2D eigenvalue weighted by atomic mass is 35.5. The molecule has 4 nitrogen and oxygen atoms in total. The Bertz CT molecular complexity index is 323. The van der Waals surface area contributed by atoms with Crippen LogP contribution in [0.25, 0.3) is 0 Å². The van der Waals surface area contributed by atoms with Crippen LogP contribution in [-0.2, 0) is 4.79 Å². The standard InChI is InChI=1S/C7H6Cl2N2O2/c1-4(12)11(13)7-5(8)2-10-3-6(7)9/h2-3,11H,1H3. The molecule has 13 heavy (non-hydrogen) atoms. The van der Waals surface area contributed by atoms with Crippen molar-refractivity contribution in [3.63, 3.8) is 0 Å². The van der Waals surface area contributed by atoms with Crippen LogP contribution < -0.4 is 5.06 Å². The summed E-state index contributed by atoms with van der Waals surface area (Å²) in [5, 5.41) is 10.7. The van der Waals surface area contributed by atoms with Crippen molar-refractivity contribution >= 4 is 34.8 Å². The van der Waals surface area contributed by atoms with Gasteiger partial charge in [0.25, 0.3) is 0 Å². The Morgan fingerprint density at radius 1 is 1.46 bits per heavy atom. The Labute approximate surface area is 84.7 Å². The lowest BCUT2D eigenvalue weighted by Crippen LogP contribution is -3.04. The van der Waals surface area contributed by atoms with E-state index in [1.807, 2.05) is 0 Å². The quantitative estimate of drug-likeness (QED) is 0.718. The number of carbonyl (C=O) groups is 1. The molecule has 0 spiro atoms. The summed E-state index contributed by atoms with van der Waals surface area (Å²) in [5.74, 6) is -0.602. The molecule has 1 rings (SSSR count). The number of nitrogens with zero attached hydrogens (tertiary/aromatic N) is 1. The van der Waals surface area contributed by atoms with Crippen molar-refractivity contribution in [2.75, 3.05) is 0 Å². The van der Waals surface area contributed by atoms with Crippen LogP contribution in [-0.4, -0.2) is 10.9 Å². The van der Waals surface area contributed by atoms with E-state index in [-0.39, 0.29) is 15.7 Å². The van der Waals surface area contributed by atoms with E-state index in [0.717, 1.165) is 6.92 Å². The first kappa shape index (κ1) is 10.4. The average Bonchev–Trinajstić information content (AvgIpc) is 2.03. The first-order chi connectivity index (χ1) is 6.04. The zero-order valence-corrected chi connectivity index (χ0v) is 8.19. The second-order valence-electron chi connectivity index (χ2n) is 2.36. The van der Waals surface area contributed by atoms with Crippen molar-refractivity contribution in [1.82, 2.24) is 4.98 Å². The summed E-state index contributed by atoms with van der Waals surface area (Å²) in [5.41, 5.74) is 0.0193. The van der Waals surface area contributed by atoms with Gasteiger partial charge in [-0.25, -0.2) is 4.79 Å². The monoisotopic (exact) mass is 220 g/mol. The molecular weight excluding hydrogens is 215 g/mol. The van der Waals surface area contributed by atoms with E-state index in [0.29, 0.717) is 0 Å². The fourth-order valence-corrected chi connectivity index (χ4v) is 1.34. The minimum absolute atomic E-state index is 0.0193. The molecule has 0 radical (unpaired) electrons. The molecule has 1 atom stereocenters. The second-order valence-corrected chi connectivity index (χ2v) is 3.18. The molecule has 0 saturated carbocycles. The molecule has 1 N–H and O–H groups in total. The Morgan fingerprint density at radius 2 is 1.92 bits per heavy atom. The van der Waals surface area contributed by atoms with E-state index >= 15 is 0 Å². The summed E-state index contributed by atoms with van der Waals surface area (Å²) < 4.78 is 0. The van der Waals surface area contributed by atoms with Crippen LogP contribution in [0.3, 0.4) is 0 Å². The van der Waals surface area contributed by atoms with E-state index in [1.165, 1.54) is 12.4 Å². The normalized spacial score (nSPS) is 12.6. The number of hydrogen-bond donors (Lipinski definition) is 1. The number of rotatable bonds is 1. The fraction of sp³-hybridized carbons (Fsp3) is 0.143. The summed E-state index contributed by atoms with van der Waals surface area (Å²) >= 11 is 11.3. The van der Waals surface area contributed by atoms with Crippen molar-refractivity contribution in [2.24, 2.45) is 0 Å². The Balaban J connectivity index is 3.20. The van der Waals surface area contributed by atoms with Gasteiger partial charge in [0, 0.05) is 0 Å². The van der Waals surface area contributed by atoms with Gasteiger partial charge in [-0.3, -0.25) is 10.0 Å². The largest absolute Gasteiger partial charge is 0.621 e. The lowest BCUT2D eigenvalue weighted by molar-refractivity contribution is -0.687. The predicted molar refractivity (Wildman–Crippen MR) is 48.9 cm³/mol. The molecule has 0 aliphatic carbocycles. The van der Waals surface area contributed by atoms with E-state index in [4.69, 9.17) is 23.2 Å². The van der Waals surface area contributed by atoms with Gasteiger partial charge in [0.1, 0.15) is 10.0 Å². The summed E-state index contributed by atoms with van der Waals surface area (Å²) in [4.78, 5) is 14.4. The molecule has 1 unspecified atom stereocenters. The van der Waals surface area contributed by atoms with Crippen LogP contribution in [0.5, 0.6) is 0 Å². The Morgan fingerprint density at radius 3 is 2.31 bits per heavy atom. The van der Waals surface area contributed by atoms with Gasteiger partial charge in [-0.2, -0.15) is 0 Å². The van der Waals surface area contributed by atoms with Crippen molar-refractivity contribution in [2.45, 2.75) is 6.92 Å². The summed E-state index contributed by atoms with van der Waals surface area (Å²) in [7, 11) is 0. The molecular formula is C7H6Cl2N2O2. The first-order valence-corrected chi connectivity index (χ1v) is 4.14. The lowest BCUT2D eigenvalue weighted by Gasteiger charge is -2.18. The van der Waals surface area contributed by atoms with Crippen LogP contribution >= 0.6 is 23.2 Å². The SMILES string of the molecule is CC(=O)[NH+]([O-])c1c(Cl)cncc1Cl. The van der Waals surface area contributed by atoms with Gasteiger partial charge in [-0.05, 0) is 0 Å². The summed E-state index contributed by atoms with van der Waals surface area (Å²) in [6, 6.07) is 0. The maximum absolute atomic E-state index is 11.2.